The van der Waals surface area contributed by atoms with Gasteiger partial charge in [0.05, 0.1) is 13.2 Å². The van der Waals surface area contributed by atoms with E-state index in [2.05, 4.69) is 10.3 Å². The van der Waals surface area contributed by atoms with Crippen molar-refractivity contribution >= 4 is 6.02 Å². The number of rotatable bonds is 3. The van der Waals surface area contributed by atoms with Gasteiger partial charge in [0.15, 0.2) is 12.3 Å². The molecule has 0 aromatic heterocycles. The molecule has 2 saturated heterocycles. The zero-order chi connectivity index (χ0) is 18.5. The van der Waals surface area contributed by atoms with Gasteiger partial charge in [0.1, 0.15) is 48.3 Å². The van der Waals surface area contributed by atoms with Gasteiger partial charge in [0, 0.05) is 0 Å². The Hall–Kier alpha value is -1.09. The number of aliphatic imine (C=N–C) groups is 1. The third kappa shape index (κ3) is 2.79. The summed E-state index contributed by atoms with van der Waals surface area (Å²) in [6, 6.07) is -1.34. The summed E-state index contributed by atoms with van der Waals surface area (Å²) in [5.74, 6) is 0. The smallest absolute Gasteiger partial charge is 0.288 e. The van der Waals surface area contributed by atoms with Gasteiger partial charge in [-0.1, -0.05) is 0 Å². The fraction of sp³-hybridized carbons (Fsp3) is 0.923. The molecular formula is C13H22N2O10. The van der Waals surface area contributed by atoms with E-state index in [4.69, 9.17) is 14.6 Å². The number of amidine groups is 1. The maximum atomic E-state index is 10.3. The van der Waals surface area contributed by atoms with Crippen LogP contribution in [-0.2, 0) is 9.47 Å². The minimum atomic E-state index is -2.07. The lowest BCUT2D eigenvalue weighted by molar-refractivity contribution is -0.227. The van der Waals surface area contributed by atoms with Crippen LogP contribution in [0.4, 0.5) is 0 Å². The molecule has 0 spiro atoms. The summed E-state index contributed by atoms with van der Waals surface area (Å²) >= 11 is 0. The van der Waals surface area contributed by atoms with Crippen molar-refractivity contribution < 1.29 is 50.3 Å². The maximum absolute atomic E-state index is 10.3. The van der Waals surface area contributed by atoms with Crippen molar-refractivity contribution in [3.8, 4) is 0 Å². The van der Waals surface area contributed by atoms with Crippen LogP contribution in [0.3, 0.4) is 0 Å². The highest BCUT2D eigenvalue weighted by atomic mass is 16.6. The fourth-order valence-corrected chi connectivity index (χ4v) is 3.35. The van der Waals surface area contributed by atoms with Gasteiger partial charge in [-0.2, -0.15) is 0 Å². The quantitative estimate of drug-likeness (QED) is 0.230. The van der Waals surface area contributed by atoms with Crippen molar-refractivity contribution in [3.05, 3.63) is 0 Å². The highest BCUT2D eigenvalue weighted by molar-refractivity contribution is 5.77. The number of aliphatic hydroxyl groups is 8. The summed E-state index contributed by atoms with van der Waals surface area (Å²) in [4.78, 5) is 3.88. The Balaban J connectivity index is 1.78. The number of ether oxygens (including phenoxy) is 2. The lowest BCUT2D eigenvalue weighted by Gasteiger charge is -2.38. The third-order valence-electron chi connectivity index (χ3n) is 4.93. The summed E-state index contributed by atoms with van der Waals surface area (Å²) in [6.07, 6.45) is -11.6. The van der Waals surface area contributed by atoms with Gasteiger partial charge in [0.25, 0.3) is 6.02 Å². The molecule has 25 heavy (non-hydrogen) atoms. The first-order valence-corrected chi connectivity index (χ1v) is 7.75. The van der Waals surface area contributed by atoms with Crippen molar-refractivity contribution in [2.45, 2.75) is 60.6 Å². The van der Waals surface area contributed by atoms with E-state index in [0.29, 0.717) is 0 Å². The first-order chi connectivity index (χ1) is 11.7. The molecular weight excluding hydrogens is 344 g/mol. The van der Waals surface area contributed by atoms with Crippen LogP contribution in [0.15, 0.2) is 4.99 Å². The highest BCUT2D eigenvalue weighted by Crippen LogP contribution is 2.36. The zero-order valence-corrected chi connectivity index (χ0v) is 13.0. The van der Waals surface area contributed by atoms with Crippen LogP contribution in [0.2, 0.25) is 0 Å². The van der Waals surface area contributed by atoms with E-state index in [1.54, 1.807) is 0 Å². The normalized spacial score (nSPS) is 54.2. The summed E-state index contributed by atoms with van der Waals surface area (Å²) in [5.41, 5.74) is -2.07. The summed E-state index contributed by atoms with van der Waals surface area (Å²) in [7, 11) is 0. The molecule has 1 aliphatic carbocycles. The van der Waals surface area contributed by atoms with E-state index >= 15 is 0 Å². The molecule has 1 saturated carbocycles. The predicted molar refractivity (Wildman–Crippen MR) is 77.0 cm³/mol. The molecule has 12 heteroatoms. The van der Waals surface area contributed by atoms with Gasteiger partial charge in [-0.15, -0.1) is 0 Å². The van der Waals surface area contributed by atoms with Crippen molar-refractivity contribution in [1.82, 2.24) is 5.32 Å². The number of hydrogen-bond donors (Lipinski definition) is 9. The molecule has 3 aliphatic rings. The van der Waals surface area contributed by atoms with E-state index in [1.165, 1.54) is 0 Å². The predicted octanol–water partition coefficient (Wildman–Crippen LogP) is -6.04. The van der Waals surface area contributed by atoms with Crippen molar-refractivity contribution in [2.75, 3.05) is 13.2 Å². The first kappa shape index (κ1) is 18.7. The van der Waals surface area contributed by atoms with E-state index in [9.17, 15) is 35.7 Å². The Morgan fingerprint density at radius 3 is 2.28 bits per heavy atom. The Morgan fingerprint density at radius 2 is 1.68 bits per heavy atom. The summed E-state index contributed by atoms with van der Waals surface area (Å²) in [5, 5.41) is 80.5. The number of nitrogens with one attached hydrogen (secondary N) is 1. The Labute approximate surface area is 141 Å². The minimum Gasteiger partial charge on any atom is -0.457 e. The molecule has 9 N–H and O–H groups in total. The Morgan fingerprint density at radius 1 is 1.00 bits per heavy atom. The molecule has 0 aromatic rings. The standard InChI is InChI=1S/C13H22N2O10/c16-1-3-4(18)5(19)6(20)11(24-3)15-12-14-9-8(25-12)7(21)10(22)13(9,23)2-17/h3-11,16-23H,1-2H2,(H,14,15)/t3-,4-,5+,6-,7-,8-,9-,10-,11+,13+/m1/s1. The zero-order valence-electron chi connectivity index (χ0n) is 13.0. The van der Waals surface area contributed by atoms with Crippen LogP contribution in [0, 0.1) is 0 Å². The first-order valence-electron chi connectivity index (χ1n) is 7.75. The highest BCUT2D eigenvalue weighted by Gasteiger charge is 2.64. The lowest BCUT2D eigenvalue weighted by atomic mass is 9.96. The van der Waals surface area contributed by atoms with Crippen LogP contribution in [0.25, 0.3) is 0 Å². The fourth-order valence-electron chi connectivity index (χ4n) is 3.35. The van der Waals surface area contributed by atoms with Crippen molar-refractivity contribution in [2.24, 2.45) is 4.99 Å². The van der Waals surface area contributed by atoms with E-state index in [0.717, 1.165) is 0 Å². The maximum Gasteiger partial charge on any atom is 0.288 e. The average Bonchev–Trinajstić information content (AvgIpc) is 3.10. The van der Waals surface area contributed by atoms with Crippen molar-refractivity contribution in [3.63, 3.8) is 0 Å². The van der Waals surface area contributed by atoms with Gasteiger partial charge in [-0.05, 0) is 0 Å². The topological polar surface area (TPSA) is 205 Å². The van der Waals surface area contributed by atoms with Gasteiger partial charge >= 0.3 is 0 Å². The average molecular weight is 366 g/mol. The van der Waals surface area contributed by atoms with Crippen LogP contribution in [0.5, 0.6) is 0 Å². The SMILES string of the molecule is OC[C@H]1O[C@H](N=C2N[C@@H]3[C@H](O2)[C@@H](O)[C@@H](O)[C@]3(O)CO)[C@H](O)[C@@H](O)[C@@H]1O. The molecule has 0 unspecified atom stereocenters. The van der Waals surface area contributed by atoms with Gasteiger partial charge < -0.3 is 55.6 Å². The van der Waals surface area contributed by atoms with Gasteiger partial charge in [-0.3, -0.25) is 0 Å². The molecule has 144 valence electrons. The Kier molecular flexibility index (Phi) is 4.91. The lowest BCUT2D eigenvalue weighted by Crippen LogP contribution is -2.58. The number of nitrogens with zero attached hydrogens (tertiary/aromatic N) is 1. The van der Waals surface area contributed by atoms with Crippen LogP contribution in [0.1, 0.15) is 0 Å². The molecule has 3 rings (SSSR count). The number of hydrogen-bond acceptors (Lipinski definition) is 11. The molecule has 3 fully saturated rings. The molecule has 2 heterocycles. The van der Waals surface area contributed by atoms with Crippen LogP contribution in [-0.4, -0.2) is 121 Å². The summed E-state index contributed by atoms with van der Waals surface area (Å²) in [6.45, 7) is -1.48. The van der Waals surface area contributed by atoms with Gasteiger partial charge in [-0.25, -0.2) is 4.99 Å². The molecule has 0 radical (unpaired) electrons. The van der Waals surface area contributed by atoms with Gasteiger partial charge in [0.2, 0.25) is 0 Å². The molecule has 10 atom stereocenters. The third-order valence-corrected chi connectivity index (χ3v) is 4.93. The van der Waals surface area contributed by atoms with E-state index < -0.39 is 73.8 Å². The molecule has 0 aromatic carbocycles. The number of fused-ring (bicyclic) bond motifs is 1. The van der Waals surface area contributed by atoms with E-state index in [1.807, 2.05) is 0 Å². The second kappa shape index (κ2) is 6.57. The van der Waals surface area contributed by atoms with Crippen LogP contribution < -0.4 is 5.32 Å². The second-order valence-electron chi connectivity index (χ2n) is 6.44. The van der Waals surface area contributed by atoms with E-state index in [-0.39, 0.29) is 6.02 Å². The molecule has 2 aliphatic heterocycles. The Bertz CT molecular complexity index is 533. The minimum absolute atomic E-state index is 0.267. The molecule has 0 amide bonds. The monoisotopic (exact) mass is 366 g/mol. The molecule has 0 bridgehead atoms. The molecule has 12 nitrogen and oxygen atoms in total. The second-order valence-corrected chi connectivity index (χ2v) is 6.44. The summed E-state index contributed by atoms with van der Waals surface area (Å²) < 4.78 is 10.5. The van der Waals surface area contributed by atoms with Crippen LogP contribution >= 0.6 is 0 Å². The number of aliphatic hydroxyl groups excluding tert-OH is 7. The van der Waals surface area contributed by atoms with Crippen molar-refractivity contribution in [1.29, 1.82) is 0 Å². The largest absolute Gasteiger partial charge is 0.457 e.